The quantitative estimate of drug-likeness (QED) is 0.386. The number of rotatable bonds is 13. The third kappa shape index (κ3) is 13.8. The molecule has 1 unspecified atom stereocenters. The molecule has 3 heteroatoms. The Labute approximate surface area is 108 Å². The summed E-state index contributed by atoms with van der Waals surface area (Å²) in [5, 5.41) is 3.40. The second-order valence-corrected chi connectivity index (χ2v) is 4.86. The molecule has 3 nitrogen and oxygen atoms in total. The standard InChI is InChI=1S/C14H32N2O/c1-4-6-7-10-15-11-12-16-17-13-8-9-14(3)5-2/h14-16H,4-13H2,1-3H3. The third-order valence-electron chi connectivity index (χ3n) is 3.10. The zero-order valence-corrected chi connectivity index (χ0v) is 12.1. The zero-order chi connectivity index (χ0) is 12.8. The Hall–Kier alpha value is -0.120. The summed E-state index contributed by atoms with van der Waals surface area (Å²) >= 11 is 0. The second-order valence-electron chi connectivity index (χ2n) is 4.86. The summed E-state index contributed by atoms with van der Waals surface area (Å²) in [5.41, 5.74) is 3.01. The van der Waals surface area contributed by atoms with Gasteiger partial charge in [0, 0.05) is 13.1 Å². The minimum absolute atomic E-state index is 0.832. The van der Waals surface area contributed by atoms with Crippen LogP contribution in [0.2, 0.25) is 0 Å². The van der Waals surface area contributed by atoms with E-state index in [1.807, 2.05) is 0 Å². The average Bonchev–Trinajstić information content (AvgIpc) is 2.35. The molecule has 0 aromatic heterocycles. The topological polar surface area (TPSA) is 33.3 Å². The average molecular weight is 244 g/mol. The van der Waals surface area contributed by atoms with Crippen LogP contribution in [0.1, 0.15) is 59.3 Å². The SMILES string of the molecule is CCCCCNCCNOCCCC(C)CC. The van der Waals surface area contributed by atoms with E-state index in [2.05, 4.69) is 31.6 Å². The van der Waals surface area contributed by atoms with Crippen molar-refractivity contribution in [1.29, 1.82) is 0 Å². The predicted molar refractivity (Wildman–Crippen MR) is 75.0 cm³/mol. The summed E-state index contributed by atoms with van der Waals surface area (Å²) < 4.78 is 0. The first-order valence-electron chi connectivity index (χ1n) is 7.36. The van der Waals surface area contributed by atoms with E-state index in [0.717, 1.165) is 38.6 Å². The lowest BCUT2D eigenvalue weighted by molar-refractivity contribution is 0.0379. The maximum absolute atomic E-state index is 5.37. The van der Waals surface area contributed by atoms with Crippen LogP contribution in [0.25, 0.3) is 0 Å². The number of hydrogen-bond donors (Lipinski definition) is 2. The van der Waals surface area contributed by atoms with E-state index in [4.69, 9.17) is 4.84 Å². The van der Waals surface area contributed by atoms with Gasteiger partial charge in [0.05, 0.1) is 6.61 Å². The minimum atomic E-state index is 0.832. The Morgan fingerprint density at radius 3 is 2.53 bits per heavy atom. The Bertz CT molecular complexity index is 142. The number of nitrogens with one attached hydrogen (secondary N) is 2. The maximum Gasteiger partial charge on any atom is 0.0682 e. The summed E-state index contributed by atoms with van der Waals surface area (Å²) in [6, 6.07) is 0. The Morgan fingerprint density at radius 1 is 1.00 bits per heavy atom. The molecule has 0 aliphatic heterocycles. The first-order valence-corrected chi connectivity index (χ1v) is 7.36. The van der Waals surface area contributed by atoms with E-state index in [9.17, 15) is 0 Å². The fraction of sp³-hybridized carbons (Fsp3) is 1.00. The van der Waals surface area contributed by atoms with E-state index in [1.54, 1.807) is 0 Å². The maximum atomic E-state index is 5.37. The van der Waals surface area contributed by atoms with Crippen molar-refractivity contribution in [3.63, 3.8) is 0 Å². The van der Waals surface area contributed by atoms with Gasteiger partial charge >= 0.3 is 0 Å². The molecule has 0 heterocycles. The van der Waals surface area contributed by atoms with Crippen molar-refractivity contribution in [1.82, 2.24) is 10.8 Å². The molecule has 17 heavy (non-hydrogen) atoms. The molecule has 0 radical (unpaired) electrons. The fourth-order valence-corrected chi connectivity index (χ4v) is 1.62. The van der Waals surface area contributed by atoms with Gasteiger partial charge in [-0.1, -0.05) is 40.0 Å². The Kier molecular flexibility index (Phi) is 13.8. The van der Waals surface area contributed by atoms with Crippen molar-refractivity contribution in [2.45, 2.75) is 59.3 Å². The lowest BCUT2D eigenvalue weighted by Crippen LogP contribution is -2.28. The van der Waals surface area contributed by atoms with E-state index in [-0.39, 0.29) is 0 Å². The monoisotopic (exact) mass is 244 g/mol. The van der Waals surface area contributed by atoms with Crippen LogP contribution in [0.4, 0.5) is 0 Å². The highest BCUT2D eigenvalue weighted by molar-refractivity contribution is 4.50. The van der Waals surface area contributed by atoms with Crippen LogP contribution < -0.4 is 10.8 Å². The molecular weight excluding hydrogens is 212 g/mol. The van der Waals surface area contributed by atoms with E-state index in [0.29, 0.717) is 0 Å². The van der Waals surface area contributed by atoms with Gasteiger partial charge in [0.1, 0.15) is 0 Å². The highest BCUT2D eigenvalue weighted by atomic mass is 16.6. The molecule has 0 rings (SSSR count). The summed E-state index contributed by atoms with van der Waals surface area (Å²) in [7, 11) is 0. The molecule has 0 fully saturated rings. The number of hydrogen-bond acceptors (Lipinski definition) is 3. The Balaban J connectivity index is 2.94. The van der Waals surface area contributed by atoms with Gasteiger partial charge in [-0.05, 0) is 31.7 Å². The van der Waals surface area contributed by atoms with Crippen LogP contribution in [-0.4, -0.2) is 26.2 Å². The molecule has 0 bridgehead atoms. The molecule has 2 N–H and O–H groups in total. The summed E-state index contributed by atoms with van der Waals surface area (Å²) in [6.07, 6.45) is 7.60. The van der Waals surface area contributed by atoms with Gasteiger partial charge in [-0.25, -0.2) is 5.48 Å². The van der Waals surface area contributed by atoms with Gasteiger partial charge in [0.2, 0.25) is 0 Å². The van der Waals surface area contributed by atoms with Crippen molar-refractivity contribution >= 4 is 0 Å². The van der Waals surface area contributed by atoms with Crippen molar-refractivity contribution in [2.75, 3.05) is 26.2 Å². The first-order chi connectivity index (χ1) is 8.31. The van der Waals surface area contributed by atoms with E-state index < -0.39 is 0 Å². The largest absolute Gasteiger partial charge is 0.315 e. The van der Waals surface area contributed by atoms with Gasteiger partial charge in [-0.3, -0.25) is 0 Å². The highest BCUT2D eigenvalue weighted by Gasteiger charge is 1.97. The van der Waals surface area contributed by atoms with Gasteiger partial charge in [0.15, 0.2) is 0 Å². The molecule has 104 valence electrons. The number of hydroxylamine groups is 1. The molecule has 0 aromatic rings. The molecule has 0 aliphatic rings. The third-order valence-corrected chi connectivity index (χ3v) is 3.10. The normalized spacial score (nSPS) is 12.9. The lowest BCUT2D eigenvalue weighted by Gasteiger charge is -2.09. The minimum Gasteiger partial charge on any atom is -0.315 e. The molecule has 0 spiro atoms. The summed E-state index contributed by atoms with van der Waals surface area (Å²) in [4.78, 5) is 5.37. The molecule has 0 saturated carbocycles. The van der Waals surface area contributed by atoms with E-state index >= 15 is 0 Å². The molecule has 0 aliphatic carbocycles. The van der Waals surface area contributed by atoms with Gasteiger partial charge < -0.3 is 10.2 Å². The molecule has 0 aromatic carbocycles. The summed E-state index contributed by atoms with van der Waals surface area (Å²) in [6.45, 7) is 10.6. The van der Waals surface area contributed by atoms with Crippen molar-refractivity contribution in [2.24, 2.45) is 5.92 Å². The second kappa shape index (κ2) is 13.9. The van der Waals surface area contributed by atoms with Crippen LogP contribution in [0, 0.1) is 5.92 Å². The number of unbranched alkanes of at least 4 members (excludes halogenated alkanes) is 2. The van der Waals surface area contributed by atoms with Gasteiger partial charge in [0.25, 0.3) is 0 Å². The van der Waals surface area contributed by atoms with Crippen molar-refractivity contribution in [3.05, 3.63) is 0 Å². The smallest absolute Gasteiger partial charge is 0.0682 e. The first kappa shape index (κ1) is 16.9. The van der Waals surface area contributed by atoms with Crippen LogP contribution in [0.5, 0.6) is 0 Å². The molecule has 0 saturated heterocycles. The lowest BCUT2D eigenvalue weighted by atomic mass is 10.0. The molecule has 0 amide bonds. The molecular formula is C14H32N2O. The van der Waals surface area contributed by atoms with Gasteiger partial charge in [-0.2, -0.15) is 0 Å². The van der Waals surface area contributed by atoms with Crippen LogP contribution in [0.15, 0.2) is 0 Å². The van der Waals surface area contributed by atoms with Crippen molar-refractivity contribution in [3.8, 4) is 0 Å². The Morgan fingerprint density at radius 2 is 1.82 bits per heavy atom. The predicted octanol–water partition coefficient (Wildman–Crippen LogP) is 3.11. The summed E-state index contributed by atoms with van der Waals surface area (Å²) in [5.74, 6) is 0.832. The highest BCUT2D eigenvalue weighted by Crippen LogP contribution is 2.08. The van der Waals surface area contributed by atoms with Crippen LogP contribution in [-0.2, 0) is 4.84 Å². The zero-order valence-electron chi connectivity index (χ0n) is 12.1. The fourth-order valence-electron chi connectivity index (χ4n) is 1.62. The van der Waals surface area contributed by atoms with Crippen LogP contribution >= 0.6 is 0 Å². The molecule has 1 atom stereocenters. The van der Waals surface area contributed by atoms with Crippen molar-refractivity contribution < 1.29 is 4.84 Å². The van der Waals surface area contributed by atoms with Gasteiger partial charge in [-0.15, -0.1) is 0 Å². The van der Waals surface area contributed by atoms with Crippen LogP contribution in [0.3, 0.4) is 0 Å². The van der Waals surface area contributed by atoms with E-state index in [1.165, 1.54) is 32.1 Å².